The van der Waals surface area contributed by atoms with Crippen molar-refractivity contribution in [2.45, 2.75) is 0 Å². The average molecular weight is 206 g/mol. The Morgan fingerprint density at radius 3 is 2.67 bits per heavy atom. The molecule has 1 aromatic rings. The van der Waals surface area contributed by atoms with Crippen molar-refractivity contribution in [1.29, 1.82) is 5.26 Å². The molecule has 15 heavy (non-hydrogen) atoms. The third kappa shape index (κ3) is 1.91. The second kappa shape index (κ2) is 4.19. The average Bonchev–Trinajstić information content (AvgIpc) is 2.26. The van der Waals surface area contributed by atoms with Crippen molar-refractivity contribution in [3.63, 3.8) is 0 Å². The smallest absolute Gasteiger partial charge is 0.312 e. The summed E-state index contributed by atoms with van der Waals surface area (Å²) in [5, 5.41) is 19.2. The second-order valence-corrected chi connectivity index (χ2v) is 2.60. The molecule has 0 heterocycles. The van der Waals surface area contributed by atoms with E-state index in [1.54, 1.807) is 6.07 Å². The minimum atomic E-state index is -0.702. The monoisotopic (exact) mass is 206 g/mol. The van der Waals surface area contributed by atoms with Gasteiger partial charge in [-0.3, -0.25) is 14.9 Å². The molecule has 0 unspecified atom stereocenters. The molecule has 0 spiro atoms. The van der Waals surface area contributed by atoms with Crippen molar-refractivity contribution < 1.29 is 14.5 Å². The molecule has 0 aromatic heterocycles. The van der Waals surface area contributed by atoms with E-state index < -0.39 is 10.6 Å². The Labute approximate surface area is 84.8 Å². The number of hydrogen-bond donors (Lipinski definition) is 0. The van der Waals surface area contributed by atoms with Gasteiger partial charge in [0, 0.05) is 6.07 Å². The second-order valence-electron chi connectivity index (χ2n) is 2.60. The Balaban J connectivity index is 3.54. The van der Waals surface area contributed by atoms with E-state index >= 15 is 0 Å². The number of benzene rings is 1. The van der Waals surface area contributed by atoms with Gasteiger partial charge < -0.3 is 4.74 Å². The van der Waals surface area contributed by atoms with Gasteiger partial charge in [0.25, 0.3) is 0 Å². The first-order valence-corrected chi connectivity index (χ1v) is 3.85. The van der Waals surface area contributed by atoms with Gasteiger partial charge in [-0.25, -0.2) is 0 Å². The zero-order valence-electron chi connectivity index (χ0n) is 7.76. The molecular formula is C9H6N2O4. The topological polar surface area (TPSA) is 93.2 Å². The number of hydrogen-bond acceptors (Lipinski definition) is 5. The summed E-state index contributed by atoms with van der Waals surface area (Å²) in [6, 6.07) is 4.03. The van der Waals surface area contributed by atoms with Crippen molar-refractivity contribution >= 4 is 12.0 Å². The molecular weight excluding hydrogens is 200 g/mol. The predicted molar refractivity (Wildman–Crippen MR) is 49.8 cm³/mol. The molecule has 0 N–H and O–H groups in total. The number of nitro benzene ring substituents is 1. The van der Waals surface area contributed by atoms with Gasteiger partial charge in [0.1, 0.15) is 0 Å². The van der Waals surface area contributed by atoms with E-state index in [2.05, 4.69) is 0 Å². The molecule has 0 bridgehead atoms. The van der Waals surface area contributed by atoms with E-state index in [-0.39, 0.29) is 16.9 Å². The number of nitro groups is 1. The quantitative estimate of drug-likeness (QED) is 0.422. The van der Waals surface area contributed by atoms with Gasteiger partial charge in [-0.05, 0) is 6.07 Å². The molecule has 6 heteroatoms. The van der Waals surface area contributed by atoms with Crippen LogP contribution in [0.1, 0.15) is 15.9 Å². The number of methoxy groups -OCH3 is 1. The van der Waals surface area contributed by atoms with Crippen molar-refractivity contribution in [2.75, 3.05) is 7.11 Å². The fourth-order valence-corrected chi connectivity index (χ4v) is 1.15. The van der Waals surface area contributed by atoms with E-state index in [9.17, 15) is 14.9 Å². The Kier molecular flexibility index (Phi) is 2.98. The van der Waals surface area contributed by atoms with E-state index in [4.69, 9.17) is 10.00 Å². The molecule has 76 valence electrons. The molecule has 6 nitrogen and oxygen atoms in total. The standard InChI is InChI=1S/C9H6N2O4/c1-15-9-7(5-12)2-6(4-10)3-8(9)11(13)14/h2-3,5H,1H3. The van der Waals surface area contributed by atoms with Crippen molar-refractivity contribution in [2.24, 2.45) is 0 Å². The minimum absolute atomic E-state index is 0.0109. The number of carbonyl (C=O) groups is 1. The normalized spacial score (nSPS) is 9.07. The highest BCUT2D eigenvalue weighted by molar-refractivity contribution is 5.83. The molecule has 0 aliphatic rings. The van der Waals surface area contributed by atoms with Crippen LogP contribution in [0.25, 0.3) is 0 Å². The Hall–Kier alpha value is -2.42. The fourth-order valence-electron chi connectivity index (χ4n) is 1.15. The van der Waals surface area contributed by atoms with E-state index in [0.717, 1.165) is 6.07 Å². The molecule has 0 amide bonds. The molecule has 0 atom stereocenters. The third-order valence-electron chi connectivity index (χ3n) is 1.75. The number of nitriles is 1. The minimum Gasteiger partial charge on any atom is -0.490 e. The van der Waals surface area contributed by atoms with Gasteiger partial charge in [-0.2, -0.15) is 5.26 Å². The van der Waals surface area contributed by atoms with Crippen molar-refractivity contribution in [3.05, 3.63) is 33.4 Å². The zero-order chi connectivity index (χ0) is 11.4. The summed E-state index contributed by atoms with van der Waals surface area (Å²) in [4.78, 5) is 20.5. The number of carbonyl (C=O) groups excluding carboxylic acids is 1. The van der Waals surface area contributed by atoms with Gasteiger partial charge in [0.05, 0.1) is 29.2 Å². The van der Waals surface area contributed by atoms with Crippen LogP contribution >= 0.6 is 0 Å². The largest absolute Gasteiger partial charge is 0.490 e. The summed E-state index contributed by atoms with van der Waals surface area (Å²) in [6.07, 6.45) is 0.409. The first-order valence-electron chi connectivity index (χ1n) is 3.85. The SMILES string of the molecule is COc1c(C=O)cc(C#N)cc1[N+](=O)[O-]. The van der Waals surface area contributed by atoms with E-state index in [1.807, 2.05) is 0 Å². The van der Waals surface area contributed by atoms with Crippen LogP contribution in [0.5, 0.6) is 5.75 Å². The molecule has 1 aromatic carbocycles. The lowest BCUT2D eigenvalue weighted by atomic mass is 10.1. The highest BCUT2D eigenvalue weighted by atomic mass is 16.6. The van der Waals surface area contributed by atoms with Crippen LogP contribution < -0.4 is 4.74 Å². The number of aldehydes is 1. The zero-order valence-corrected chi connectivity index (χ0v) is 7.76. The fraction of sp³-hybridized carbons (Fsp3) is 0.111. The third-order valence-corrected chi connectivity index (χ3v) is 1.75. The molecule has 1 rings (SSSR count). The lowest BCUT2D eigenvalue weighted by molar-refractivity contribution is -0.385. The Bertz CT molecular complexity index is 462. The van der Waals surface area contributed by atoms with Crippen LogP contribution in [0.15, 0.2) is 12.1 Å². The highest BCUT2D eigenvalue weighted by Gasteiger charge is 2.20. The van der Waals surface area contributed by atoms with E-state index in [1.165, 1.54) is 13.2 Å². The predicted octanol–water partition coefficient (Wildman–Crippen LogP) is 1.29. The van der Waals surface area contributed by atoms with Gasteiger partial charge >= 0.3 is 5.69 Å². The first kappa shape index (κ1) is 10.7. The molecule has 0 aliphatic heterocycles. The summed E-state index contributed by atoms with van der Waals surface area (Å²) in [7, 11) is 1.22. The number of nitrogens with zero attached hydrogens (tertiary/aromatic N) is 2. The highest BCUT2D eigenvalue weighted by Crippen LogP contribution is 2.31. The van der Waals surface area contributed by atoms with Gasteiger partial charge in [-0.1, -0.05) is 0 Å². The van der Waals surface area contributed by atoms with Crippen LogP contribution in [-0.2, 0) is 0 Å². The van der Waals surface area contributed by atoms with Crippen LogP contribution in [0, 0.1) is 21.4 Å². The molecule has 0 saturated heterocycles. The van der Waals surface area contributed by atoms with Crippen LogP contribution in [-0.4, -0.2) is 18.3 Å². The molecule has 0 saturated carbocycles. The lowest BCUT2D eigenvalue weighted by Crippen LogP contribution is -1.98. The van der Waals surface area contributed by atoms with Crippen molar-refractivity contribution in [3.8, 4) is 11.8 Å². The summed E-state index contributed by atoms with van der Waals surface area (Å²) in [6.45, 7) is 0. The summed E-state index contributed by atoms with van der Waals surface area (Å²) < 4.78 is 4.75. The van der Waals surface area contributed by atoms with Crippen LogP contribution in [0.4, 0.5) is 5.69 Å². The summed E-state index contributed by atoms with van der Waals surface area (Å²) >= 11 is 0. The maximum Gasteiger partial charge on any atom is 0.312 e. The molecule has 0 fully saturated rings. The van der Waals surface area contributed by atoms with Gasteiger partial charge in [0.2, 0.25) is 5.75 Å². The Morgan fingerprint density at radius 2 is 2.27 bits per heavy atom. The van der Waals surface area contributed by atoms with Gasteiger partial charge in [-0.15, -0.1) is 0 Å². The molecule has 0 radical (unpaired) electrons. The van der Waals surface area contributed by atoms with Gasteiger partial charge in [0.15, 0.2) is 6.29 Å². The van der Waals surface area contributed by atoms with E-state index in [0.29, 0.717) is 6.29 Å². The number of ether oxygens (including phenoxy) is 1. The first-order chi connectivity index (χ1) is 7.13. The summed E-state index contributed by atoms with van der Waals surface area (Å²) in [5.74, 6) is -0.131. The maximum absolute atomic E-state index is 10.6. The maximum atomic E-state index is 10.6. The van der Waals surface area contributed by atoms with Crippen LogP contribution in [0.3, 0.4) is 0 Å². The van der Waals surface area contributed by atoms with Crippen LogP contribution in [0.2, 0.25) is 0 Å². The lowest BCUT2D eigenvalue weighted by Gasteiger charge is -2.04. The number of rotatable bonds is 3. The summed E-state index contributed by atoms with van der Waals surface area (Å²) in [5.41, 5.74) is -0.355. The van der Waals surface area contributed by atoms with Crippen molar-refractivity contribution in [1.82, 2.24) is 0 Å². The molecule has 0 aliphatic carbocycles. The Morgan fingerprint density at radius 1 is 1.60 bits per heavy atom.